The molecule has 0 saturated carbocycles. The van der Waals surface area contributed by atoms with Crippen molar-refractivity contribution in [1.29, 1.82) is 0 Å². The minimum absolute atomic E-state index is 0.0177. The number of halogens is 2. The minimum atomic E-state index is -4.00. The van der Waals surface area contributed by atoms with E-state index in [4.69, 9.17) is 26.2 Å². The molecule has 0 spiro atoms. The molecule has 0 aromatic heterocycles. The Morgan fingerprint density at radius 3 is 2.58 bits per heavy atom. The number of benzene rings is 1. The Morgan fingerprint density at radius 2 is 2.11 bits per heavy atom. The lowest BCUT2D eigenvalue weighted by molar-refractivity contribution is -0.103. The van der Waals surface area contributed by atoms with Gasteiger partial charge in [0.05, 0.1) is 33.2 Å². The molecular weight excluding hydrogens is 362 g/mol. The number of ether oxygens (including phenoxy) is 2. The van der Waals surface area contributed by atoms with Gasteiger partial charge in [0.2, 0.25) is 10.0 Å². The summed E-state index contributed by atoms with van der Waals surface area (Å²) in [5, 5.41) is 5.10. The van der Waals surface area contributed by atoms with Gasteiger partial charge in [0.1, 0.15) is 6.10 Å². The van der Waals surface area contributed by atoms with Gasteiger partial charge in [0.25, 0.3) is 0 Å². The molecule has 1 aromatic rings. The van der Waals surface area contributed by atoms with Gasteiger partial charge in [-0.2, -0.15) is 0 Å². The summed E-state index contributed by atoms with van der Waals surface area (Å²) in [6.45, 7) is 0.663. The van der Waals surface area contributed by atoms with E-state index >= 15 is 0 Å². The van der Waals surface area contributed by atoms with Gasteiger partial charge >= 0.3 is 5.97 Å². The lowest BCUT2D eigenvalue weighted by Crippen LogP contribution is -2.37. The molecule has 1 aliphatic heterocycles. The van der Waals surface area contributed by atoms with E-state index in [0.717, 1.165) is 6.07 Å². The highest BCUT2D eigenvalue weighted by atomic mass is 79.9. The van der Waals surface area contributed by atoms with Crippen molar-refractivity contribution in [2.45, 2.75) is 11.0 Å². The van der Waals surface area contributed by atoms with Gasteiger partial charge in [0, 0.05) is 0 Å². The first kappa shape index (κ1) is 14.7. The Bertz CT molecular complexity index is 629. The smallest absolute Gasteiger partial charge is 0.338 e. The quantitative estimate of drug-likeness (QED) is 0.809. The normalized spacial score (nSPS) is 15.9. The number of nitrogens with two attached hydrogens (primary N) is 1. The number of hydrogen-bond donors (Lipinski definition) is 1. The van der Waals surface area contributed by atoms with E-state index in [-0.39, 0.29) is 26.1 Å². The first-order valence-electron chi connectivity index (χ1n) is 5.09. The van der Waals surface area contributed by atoms with Crippen LogP contribution in [-0.2, 0) is 19.5 Å². The van der Waals surface area contributed by atoms with E-state index in [1.54, 1.807) is 0 Å². The summed E-state index contributed by atoms with van der Waals surface area (Å²) in [6, 6.07) is 2.43. The van der Waals surface area contributed by atoms with Gasteiger partial charge in [-0.3, -0.25) is 0 Å². The van der Waals surface area contributed by atoms with Crippen LogP contribution in [0.5, 0.6) is 0 Å². The van der Waals surface area contributed by atoms with Gasteiger partial charge in [-0.05, 0) is 28.1 Å². The Labute approximate surface area is 123 Å². The van der Waals surface area contributed by atoms with Gasteiger partial charge in [-0.15, -0.1) is 0 Å². The van der Waals surface area contributed by atoms with Crippen molar-refractivity contribution in [2.24, 2.45) is 5.14 Å². The summed E-state index contributed by atoms with van der Waals surface area (Å²) in [5.41, 5.74) is 0.0177. The van der Waals surface area contributed by atoms with Crippen molar-refractivity contribution in [3.63, 3.8) is 0 Å². The Morgan fingerprint density at radius 1 is 1.47 bits per heavy atom. The van der Waals surface area contributed by atoms with Crippen LogP contribution >= 0.6 is 27.5 Å². The highest BCUT2D eigenvalue weighted by Gasteiger charge is 2.25. The van der Waals surface area contributed by atoms with E-state index in [1.807, 2.05) is 0 Å². The van der Waals surface area contributed by atoms with E-state index in [2.05, 4.69) is 15.9 Å². The lowest BCUT2D eigenvalue weighted by Gasteiger charge is -2.25. The number of sulfonamides is 1. The molecular formula is C10H9BrClNO5S. The third kappa shape index (κ3) is 3.26. The number of carbonyl (C=O) groups excluding carboxylic acids is 1. The van der Waals surface area contributed by atoms with Crippen molar-refractivity contribution in [2.75, 3.05) is 13.2 Å². The van der Waals surface area contributed by atoms with Crippen LogP contribution < -0.4 is 5.14 Å². The topological polar surface area (TPSA) is 95.7 Å². The second-order valence-electron chi connectivity index (χ2n) is 3.88. The zero-order valence-electron chi connectivity index (χ0n) is 9.43. The van der Waals surface area contributed by atoms with Gasteiger partial charge in [0.15, 0.2) is 0 Å². The Balaban J connectivity index is 2.36. The maximum absolute atomic E-state index is 11.8. The molecule has 0 bridgehead atoms. The van der Waals surface area contributed by atoms with Crippen molar-refractivity contribution in [3.05, 3.63) is 27.2 Å². The fraction of sp³-hybridized carbons (Fsp3) is 0.300. The van der Waals surface area contributed by atoms with Crippen molar-refractivity contribution < 1.29 is 22.7 Å². The molecule has 0 amide bonds. The number of carbonyl (C=O) groups is 1. The highest BCUT2D eigenvalue weighted by molar-refractivity contribution is 9.10. The monoisotopic (exact) mass is 369 g/mol. The van der Waals surface area contributed by atoms with E-state index in [1.165, 1.54) is 6.07 Å². The maximum atomic E-state index is 11.8. The zero-order chi connectivity index (χ0) is 14.2. The molecule has 2 N–H and O–H groups in total. The fourth-order valence-corrected chi connectivity index (χ4v) is 3.22. The highest BCUT2D eigenvalue weighted by Crippen LogP contribution is 2.31. The first-order valence-corrected chi connectivity index (χ1v) is 7.81. The van der Waals surface area contributed by atoms with Crippen molar-refractivity contribution >= 4 is 43.5 Å². The molecule has 1 aromatic carbocycles. The molecule has 1 fully saturated rings. The summed E-state index contributed by atoms with van der Waals surface area (Å²) < 4.78 is 32.8. The third-order valence-electron chi connectivity index (χ3n) is 2.42. The molecule has 1 saturated heterocycles. The van der Waals surface area contributed by atoms with Crippen LogP contribution in [0.3, 0.4) is 0 Å². The van der Waals surface area contributed by atoms with Crippen LogP contribution in [0.2, 0.25) is 5.02 Å². The zero-order valence-corrected chi connectivity index (χ0v) is 12.6. The largest absolute Gasteiger partial charge is 0.454 e. The van der Waals surface area contributed by atoms with Crippen LogP contribution in [0.4, 0.5) is 0 Å². The maximum Gasteiger partial charge on any atom is 0.338 e. The molecule has 0 unspecified atom stereocenters. The van der Waals surface area contributed by atoms with Crippen LogP contribution in [0.25, 0.3) is 0 Å². The first-order chi connectivity index (χ1) is 8.79. The standard InChI is InChI=1S/C10H9BrClNO5S/c11-9-7(12)1-5(2-8(9)19(13,15)16)10(14)18-6-3-17-4-6/h1-2,6H,3-4H2,(H2,13,15,16). The Kier molecular flexibility index (Phi) is 4.17. The molecule has 6 nitrogen and oxygen atoms in total. The summed E-state index contributed by atoms with van der Waals surface area (Å²) in [6.07, 6.45) is -0.312. The summed E-state index contributed by atoms with van der Waals surface area (Å²) in [5.74, 6) is -0.674. The third-order valence-corrected chi connectivity index (χ3v) is 5.00. The molecule has 2 rings (SSSR count). The minimum Gasteiger partial charge on any atom is -0.454 e. The van der Waals surface area contributed by atoms with Crippen molar-refractivity contribution in [3.8, 4) is 0 Å². The van der Waals surface area contributed by atoms with E-state index in [9.17, 15) is 13.2 Å². The number of primary sulfonamides is 1. The predicted octanol–water partition coefficient (Wildman–Crippen LogP) is 1.31. The average Bonchev–Trinajstić information content (AvgIpc) is 2.25. The summed E-state index contributed by atoms with van der Waals surface area (Å²) in [4.78, 5) is 11.5. The molecule has 19 heavy (non-hydrogen) atoms. The summed E-state index contributed by atoms with van der Waals surface area (Å²) >= 11 is 8.87. The van der Waals surface area contributed by atoms with Crippen molar-refractivity contribution in [1.82, 2.24) is 0 Å². The van der Waals surface area contributed by atoms with Gasteiger partial charge in [-0.1, -0.05) is 11.6 Å². The average molecular weight is 371 g/mol. The van der Waals surface area contributed by atoms with E-state index in [0.29, 0.717) is 13.2 Å². The molecule has 1 heterocycles. The molecule has 9 heteroatoms. The van der Waals surface area contributed by atoms with Crippen LogP contribution in [-0.4, -0.2) is 33.7 Å². The van der Waals surface area contributed by atoms with Crippen LogP contribution in [0, 0.1) is 0 Å². The van der Waals surface area contributed by atoms with Gasteiger partial charge in [-0.25, -0.2) is 18.4 Å². The number of rotatable bonds is 3. The molecule has 1 aliphatic rings. The predicted molar refractivity (Wildman–Crippen MR) is 70.5 cm³/mol. The number of esters is 1. The molecule has 0 aliphatic carbocycles. The lowest BCUT2D eigenvalue weighted by atomic mass is 10.2. The summed E-state index contributed by atoms with van der Waals surface area (Å²) in [7, 11) is -4.00. The molecule has 104 valence electrons. The second-order valence-corrected chi connectivity index (χ2v) is 6.61. The SMILES string of the molecule is NS(=O)(=O)c1cc(C(=O)OC2COC2)cc(Cl)c1Br. The Hall–Kier alpha value is -0.670. The number of hydrogen-bond acceptors (Lipinski definition) is 5. The molecule has 0 radical (unpaired) electrons. The van der Waals surface area contributed by atoms with E-state index < -0.39 is 16.0 Å². The fourth-order valence-electron chi connectivity index (χ4n) is 1.39. The van der Waals surface area contributed by atoms with Crippen LogP contribution in [0.1, 0.15) is 10.4 Å². The van der Waals surface area contributed by atoms with Gasteiger partial charge < -0.3 is 9.47 Å². The second kappa shape index (κ2) is 5.37. The van der Waals surface area contributed by atoms with Crippen LogP contribution in [0.15, 0.2) is 21.5 Å². The molecule has 0 atom stereocenters.